The third kappa shape index (κ3) is 3.86. The first-order chi connectivity index (χ1) is 15.6. The van der Waals surface area contributed by atoms with Crippen molar-refractivity contribution in [2.45, 2.75) is 13.0 Å². The summed E-state index contributed by atoms with van der Waals surface area (Å²) in [5.41, 5.74) is 3.55. The van der Waals surface area contributed by atoms with Crippen molar-refractivity contribution in [2.24, 2.45) is 0 Å². The number of ether oxygens (including phenoxy) is 1. The lowest BCUT2D eigenvalue weighted by Crippen LogP contribution is -2.34. The molecule has 5 rings (SSSR count). The Morgan fingerprint density at radius 3 is 2.41 bits per heavy atom. The van der Waals surface area contributed by atoms with Gasteiger partial charge in [-0.25, -0.2) is 4.98 Å². The third-order valence-electron chi connectivity index (χ3n) is 5.07. The molecule has 7 heteroatoms. The van der Waals surface area contributed by atoms with Crippen LogP contribution in [0.25, 0.3) is 21.8 Å². The number of carbonyl (C=O) groups excluding carboxylic acids is 2. The molecule has 0 saturated carbocycles. The molecule has 1 unspecified atom stereocenters. The second-order valence-electron chi connectivity index (χ2n) is 7.34. The molecule has 2 amide bonds. The number of benzene rings is 3. The number of rotatable bonds is 4. The minimum atomic E-state index is -0.551. The Bertz CT molecular complexity index is 1300. The number of fused-ring (bicyclic) bond motifs is 1. The first-order valence-corrected chi connectivity index (χ1v) is 10.9. The Hall–Kier alpha value is -3.97. The van der Waals surface area contributed by atoms with E-state index in [-0.39, 0.29) is 11.8 Å². The van der Waals surface area contributed by atoms with E-state index in [9.17, 15) is 9.59 Å². The van der Waals surface area contributed by atoms with Gasteiger partial charge < -0.3 is 15.4 Å². The van der Waals surface area contributed by atoms with Crippen molar-refractivity contribution in [3.05, 3.63) is 83.7 Å². The highest BCUT2D eigenvalue weighted by Crippen LogP contribution is 2.36. The Kier molecular flexibility index (Phi) is 5.17. The van der Waals surface area contributed by atoms with Gasteiger partial charge in [-0.3, -0.25) is 9.59 Å². The van der Waals surface area contributed by atoms with Crippen molar-refractivity contribution in [2.75, 3.05) is 10.6 Å². The van der Waals surface area contributed by atoms with Crippen LogP contribution in [0, 0.1) is 0 Å². The monoisotopic (exact) mass is 441 g/mol. The molecule has 6 nitrogen and oxygen atoms in total. The highest BCUT2D eigenvalue weighted by atomic mass is 32.1. The molecule has 0 aliphatic carbocycles. The zero-order valence-electron chi connectivity index (χ0n) is 17.2. The Labute approximate surface area is 188 Å². The fourth-order valence-corrected chi connectivity index (χ4v) is 4.43. The van der Waals surface area contributed by atoms with Crippen molar-refractivity contribution in [1.29, 1.82) is 0 Å². The second kappa shape index (κ2) is 8.28. The van der Waals surface area contributed by atoms with Crippen LogP contribution in [-0.2, 0) is 4.79 Å². The van der Waals surface area contributed by atoms with Gasteiger partial charge in [-0.2, -0.15) is 0 Å². The van der Waals surface area contributed by atoms with Gasteiger partial charge in [-0.05, 0) is 25.1 Å². The average Bonchev–Trinajstić information content (AvgIpc) is 3.27. The zero-order valence-corrected chi connectivity index (χ0v) is 18.0. The molecule has 1 aromatic heterocycles. The van der Waals surface area contributed by atoms with E-state index < -0.39 is 6.10 Å². The molecule has 0 spiro atoms. The van der Waals surface area contributed by atoms with Gasteiger partial charge in [0.25, 0.3) is 11.8 Å². The molecule has 1 aliphatic heterocycles. The summed E-state index contributed by atoms with van der Waals surface area (Å²) in [6.07, 6.45) is -0.551. The standard InChI is InChI=1S/C25H19N3O3S/c1-15-23(29)27-19-14-18(12-13-20(19)31-15)26-24(30)22-21(16-8-4-2-5-9-16)28-25(32-22)17-10-6-3-7-11-17/h2-15H,1H3,(H,26,30)(H,27,29). The summed E-state index contributed by atoms with van der Waals surface area (Å²) in [5, 5.41) is 6.51. The van der Waals surface area contributed by atoms with Gasteiger partial charge in [0, 0.05) is 16.8 Å². The van der Waals surface area contributed by atoms with E-state index in [4.69, 9.17) is 9.72 Å². The van der Waals surface area contributed by atoms with E-state index in [0.717, 1.165) is 16.1 Å². The van der Waals surface area contributed by atoms with Crippen molar-refractivity contribution in [1.82, 2.24) is 4.98 Å². The molecule has 158 valence electrons. The SMILES string of the molecule is CC1Oc2ccc(NC(=O)c3sc(-c4ccccc4)nc3-c3ccccc3)cc2NC1=O. The number of anilines is 2. The van der Waals surface area contributed by atoms with Crippen molar-refractivity contribution < 1.29 is 14.3 Å². The summed E-state index contributed by atoms with van der Waals surface area (Å²) in [7, 11) is 0. The van der Waals surface area contributed by atoms with Crippen molar-refractivity contribution in [3.63, 3.8) is 0 Å². The van der Waals surface area contributed by atoms with Crippen LogP contribution in [-0.4, -0.2) is 22.9 Å². The van der Waals surface area contributed by atoms with Crippen molar-refractivity contribution in [3.8, 4) is 27.6 Å². The van der Waals surface area contributed by atoms with Crippen LogP contribution in [0.1, 0.15) is 16.6 Å². The number of carbonyl (C=O) groups is 2. The van der Waals surface area contributed by atoms with Crippen LogP contribution in [0.2, 0.25) is 0 Å². The normalized spacial score (nSPS) is 14.8. The molecule has 2 heterocycles. The summed E-state index contributed by atoms with van der Waals surface area (Å²) in [4.78, 5) is 30.5. The number of hydrogen-bond donors (Lipinski definition) is 2. The highest BCUT2D eigenvalue weighted by Gasteiger charge is 2.25. The van der Waals surface area contributed by atoms with Crippen LogP contribution >= 0.6 is 11.3 Å². The zero-order chi connectivity index (χ0) is 22.1. The summed E-state index contributed by atoms with van der Waals surface area (Å²) >= 11 is 1.35. The smallest absolute Gasteiger partial charge is 0.268 e. The largest absolute Gasteiger partial charge is 0.479 e. The van der Waals surface area contributed by atoms with Crippen molar-refractivity contribution >= 4 is 34.5 Å². The lowest BCUT2D eigenvalue weighted by atomic mass is 10.1. The number of hydrogen-bond acceptors (Lipinski definition) is 5. The molecule has 3 aromatic carbocycles. The Morgan fingerprint density at radius 1 is 1.00 bits per heavy atom. The predicted molar refractivity (Wildman–Crippen MR) is 126 cm³/mol. The molecule has 0 radical (unpaired) electrons. The number of nitrogens with zero attached hydrogens (tertiary/aromatic N) is 1. The first kappa shape index (κ1) is 20.0. The topological polar surface area (TPSA) is 80.3 Å². The van der Waals surface area contributed by atoms with Gasteiger partial charge in [0.05, 0.1) is 11.4 Å². The molecule has 4 aromatic rings. The summed E-state index contributed by atoms with van der Waals surface area (Å²) < 4.78 is 5.59. The average molecular weight is 442 g/mol. The number of aromatic nitrogens is 1. The van der Waals surface area contributed by atoms with E-state index in [1.807, 2.05) is 60.7 Å². The van der Waals surface area contributed by atoms with Crippen LogP contribution in [0.15, 0.2) is 78.9 Å². The quantitative estimate of drug-likeness (QED) is 0.441. The lowest BCUT2D eigenvalue weighted by Gasteiger charge is -2.23. The summed E-state index contributed by atoms with van der Waals surface area (Å²) in [6.45, 7) is 1.69. The molecule has 1 atom stereocenters. The fourth-order valence-electron chi connectivity index (χ4n) is 3.44. The second-order valence-corrected chi connectivity index (χ2v) is 8.34. The molecule has 0 fully saturated rings. The third-order valence-corrected chi connectivity index (χ3v) is 6.17. The van der Waals surface area contributed by atoms with Gasteiger partial charge in [-0.1, -0.05) is 60.7 Å². The maximum atomic E-state index is 13.3. The van der Waals surface area contributed by atoms with Gasteiger partial charge in [0.1, 0.15) is 15.6 Å². The first-order valence-electron chi connectivity index (χ1n) is 10.1. The van der Waals surface area contributed by atoms with Crippen LogP contribution in [0.3, 0.4) is 0 Å². The molecule has 0 saturated heterocycles. The molecule has 32 heavy (non-hydrogen) atoms. The maximum absolute atomic E-state index is 13.3. The highest BCUT2D eigenvalue weighted by molar-refractivity contribution is 7.17. The Morgan fingerprint density at radius 2 is 1.69 bits per heavy atom. The molecule has 1 aliphatic rings. The van der Waals surface area contributed by atoms with E-state index in [2.05, 4.69) is 10.6 Å². The Balaban J connectivity index is 1.49. The molecule has 2 N–H and O–H groups in total. The molecular weight excluding hydrogens is 422 g/mol. The van der Waals surface area contributed by atoms with Crippen LogP contribution in [0.5, 0.6) is 5.75 Å². The summed E-state index contributed by atoms with van der Waals surface area (Å²) in [5.74, 6) is 0.0893. The van der Waals surface area contributed by atoms with Gasteiger partial charge in [0.2, 0.25) is 0 Å². The van der Waals surface area contributed by atoms with Crippen LogP contribution < -0.4 is 15.4 Å². The van der Waals surface area contributed by atoms with E-state index in [0.29, 0.717) is 27.7 Å². The van der Waals surface area contributed by atoms with Gasteiger partial charge in [-0.15, -0.1) is 11.3 Å². The maximum Gasteiger partial charge on any atom is 0.268 e. The lowest BCUT2D eigenvalue weighted by molar-refractivity contribution is -0.122. The van der Waals surface area contributed by atoms with Gasteiger partial charge in [0.15, 0.2) is 6.10 Å². The number of nitrogens with one attached hydrogen (secondary N) is 2. The van der Waals surface area contributed by atoms with E-state index >= 15 is 0 Å². The number of thiazole rings is 1. The predicted octanol–water partition coefficient (Wildman–Crippen LogP) is 5.45. The fraction of sp³-hybridized carbons (Fsp3) is 0.0800. The minimum absolute atomic E-state index is 0.220. The summed E-state index contributed by atoms with van der Waals surface area (Å²) in [6, 6.07) is 24.6. The van der Waals surface area contributed by atoms with E-state index in [1.54, 1.807) is 25.1 Å². The van der Waals surface area contributed by atoms with Gasteiger partial charge >= 0.3 is 0 Å². The van der Waals surface area contributed by atoms with E-state index in [1.165, 1.54) is 11.3 Å². The van der Waals surface area contributed by atoms with Crippen LogP contribution in [0.4, 0.5) is 11.4 Å². The number of amides is 2. The molecule has 0 bridgehead atoms. The minimum Gasteiger partial charge on any atom is -0.479 e. The molecular formula is C25H19N3O3S.